The molecule has 2 N–H and O–H groups in total. The number of carbonyl (C=O) groups excluding carboxylic acids is 1. The molecule has 0 saturated heterocycles. The molecule has 0 unspecified atom stereocenters. The van der Waals surface area contributed by atoms with Gasteiger partial charge in [0.2, 0.25) is 10.1 Å². The van der Waals surface area contributed by atoms with E-state index in [0.29, 0.717) is 20.3 Å². The van der Waals surface area contributed by atoms with Gasteiger partial charge in [0.25, 0.3) is 5.91 Å². The second-order valence-electron chi connectivity index (χ2n) is 4.03. The van der Waals surface area contributed by atoms with Crippen molar-refractivity contribution in [3.63, 3.8) is 0 Å². The first-order valence-electron chi connectivity index (χ1n) is 6.10. The van der Waals surface area contributed by atoms with E-state index in [4.69, 9.17) is 11.6 Å². The van der Waals surface area contributed by atoms with Gasteiger partial charge >= 0.3 is 0 Å². The van der Waals surface area contributed by atoms with Gasteiger partial charge in [0.05, 0.1) is 10.2 Å². The lowest BCUT2D eigenvalue weighted by Gasteiger charge is -1.95. The molecule has 0 bridgehead atoms. The quantitative estimate of drug-likeness (QED) is 0.760. The maximum Gasteiger partial charge on any atom is 0.288 e. The number of thiazole rings is 1. The zero-order valence-corrected chi connectivity index (χ0v) is 13.3. The Kier molecular flexibility index (Phi) is 4.00. The van der Waals surface area contributed by atoms with Crippen LogP contribution in [0.15, 0.2) is 18.2 Å². The zero-order valence-electron chi connectivity index (χ0n) is 10.9. The first kappa shape index (κ1) is 14.2. The van der Waals surface area contributed by atoms with E-state index in [1.807, 2.05) is 19.1 Å². The SMILES string of the molecule is CCNc1nnc(C(=O)Nc2nc3ccc(Cl)cc3s2)s1. The summed E-state index contributed by atoms with van der Waals surface area (Å²) in [6, 6.07) is 5.40. The fraction of sp³-hybridized carbons (Fsp3) is 0.167. The van der Waals surface area contributed by atoms with E-state index in [1.54, 1.807) is 6.07 Å². The van der Waals surface area contributed by atoms with E-state index in [0.717, 1.165) is 16.8 Å². The molecule has 21 heavy (non-hydrogen) atoms. The van der Waals surface area contributed by atoms with Crippen molar-refractivity contribution in [2.45, 2.75) is 6.92 Å². The van der Waals surface area contributed by atoms with E-state index < -0.39 is 0 Å². The zero-order chi connectivity index (χ0) is 14.8. The van der Waals surface area contributed by atoms with Crippen LogP contribution in [-0.4, -0.2) is 27.6 Å². The second kappa shape index (κ2) is 5.92. The van der Waals surface area contributed by atoms with Gasteiger partial charge in [-0.1, -0.05) is 34.3 Å². The number of aromatic nitrogens is 3. The Morgan fingerprint density at radius 2 is 2.14 bits per heavy atom. The topological polar surface area (TPSA) is 79.8 Å². The van der Waals surface area contributed by atoms with Gasteiger partial charge in [-0.2, -0.15) is 0 Å². The van der Waals surface area contributed by atoms with Gasteiger partial charge in [-0.15, -0.1) is 10.2 Å². The van der Waals surface area contributed by atoms with E-state index in [-0.39, 0.29) is 5.91 Å². The monoisotopic (exact) mass is 339 g/mol. The van der Waals surface area contributed by atoms with Gasteiger partial charge in [0.1, 0.15) is 0 Å². The lowest BCUT2D eigenvalue weighted by atomic mass is 10.3. The van der Waals surface area contributed by atoms with E-state index in [9.17, 15) is 4.79 Å². The minimum absolute atomic E-state index is 0.295. The summed E-state index contributed by atoms with van der Waals surface area (Å²) in [6.45, 7) is 2.68. The molecule has 108 valence electrons. The number of fused-ring (bicyclic) bond motifs is 1. The Morgan fingerprint density at radius 3 is 2.95 bits per heavy atom. The average Bonchev–Trinajstić information content (AvgIpc) is 3.05. The van der Waals surface area contributed by atoms with Crippen LogP contribution >= 0.6 is 34.3 Å². The summed E-state index contributed by atoms with van der Waals surface area (Å²) in [5, 5.41) is 15.5. The molecule has 9 heteroatoms. The molecule has 2 heterocycles. The van der Waals surface area contributed by atoms with Crippen LogP contribution in [0.2, 0.25) is 5.02 Å². The van der Waals surface area contributed by atoms with Gasteiger partial charge < -0.3 is 5.32 Å². The number of nitrogens with zero attached hydrogens (tertiary/aromatic N) is 3. The van der Waals surface area contributed by atoms with Gasteiger partial charge in [0, 0.05) is 11.6 Å². The summed E-state index contributed by atoms with van der Waals surface area (Å²) in [6.07, 6.45) is 0. The van der Waals surface area contributed by atoms with Crippen LogP contribution in [0.25, 0.3) is 10.2 Å². The predicted molar refractivity (Wildman–Crippen MR) is 86.7 cm³/mol. The van der Waals surface area contributed by atoms with E-state index in [1.165, 1.54) is 22.7 Å². The number of anilines is 2. The van der Waals surface area contributed by atoms with E-state index in [2.05, 4.69) is 25.8 Å². The van der Waals surface area contributed by atoms with Gasteiger partial charge in [-0.05, 0) is 25.1 Å². The third-order valence-corrected chi connectivity index (χ3v) is 4.57. The molecular formula is C12H10ClN5OS2. The highest BCUT2D eigenvalue weighted by atomic mass is 35.5. The van der Waals surface area contributed by atoms with Gasteiger partial charge in [-0.3, -0.25) is 10.1 Å². The average molecular weight is 340 g/mol. The third kappa shape index (κ3) is 3.12. The normalized spacial score (nSPS) is 10.8. The number of hydrogen-bond donors (Lipinski definition) is 2. The third-order valence-electron chi connectivity index (χ3n) is 2.52. The molecule has 6 nitrogen and oxygen atoms in total. The number of benzene rings is 1. The maximum atomic E-state index is 12.1. The number of halogens is 1. The van der Waals surface area contributed by atoms with Crippen molar-refractivity contribution in [2.75, 3.05) is 17.2 Å². The predicted octanol–water partition coefficient (Wildman–Crippen LogP) is 3.49. The molecule has 0 atom stereocenters. The molecule has 0 aliphatic carbocycles. The maximum absolute atomic E-state index is 12.1. The highest BCUT2D eigenvalue weighted by Crippen LogP contribution is 2.28. The molecule has 0 aliphatic rings. The Hall–Kier alpha value is -1.77. The summed E-state index contributed by atoms with van der Waals surface area (Å²) in [5.74, 6) is -0.318. The van der Waals surface area contributed by atoms with Crippen molar-refractivity contribution in [1.29, 1.82) is 0 Å². The number of hydrogen-bond acceptors (Lipinski definition) is 7. The minimum atomic E-state index is -0.318. The molecule has 3 aromatic rings. The molecule has 0 saturated carbocycles. The molecule has 0 fully saturated rings. The first-order valence-corrected chi connectivity index (χ1v) is 8.11. The van der Waals surface area contributed by atoms with Crippen LogP contribution in [0.3, 0.4) is 0 Å². The molecule has 1 amide bonds. The molecule has 2 aromatic heterocycles. The van der Waals surface area contributed by atoms with Gasteiger partial charge in [-0.25, -0.2) is 4.98 Å². The number of carbonyl (C=O) groups is 1. The molecule has 0 aliphatic heterocycles. The highest BCUT2D eigenvalue weighted by molar-refractivity contribution is 7.22. The minimum Gasteiger partial charge on any atom is -0.360 e. The van der Waals surface area contributed by atoms with Crippen LogP contribution in [-0.2, 0) is 0 Å². The van der Waals surface area contributed by atoms with E-state index >= 15 is 0 Å². The van der Waals surface area contributed by atoms with Crippen LogP contribution in [0.5, 0.6) is 0 Å². The van der Waals surface area contributed by atoms with Crippen molar-refractivity contribution in [1.82, 2.24) is 15.2 Å². The largest absolute Gasteiger partial charge is 0.360 e. The summed E-state index contributed by atoms with van der Waals surface area (Å²) in [4.78, 5) is 16.4. The first-order chi connectivity index (χ1) is 10.2. The lowest BCUT2D eigenvalue weighted by molar-refractivity contribution is 0.102. The van der Waals surface area contributed by atoms with Crippen LogP contribution in [0.1, 0.15) is 16.7 Å². The summed E-state index contributed by atoms with van der Waals surface area (Å²) in [5.41, 5.74) is 0.797. The fourth-order valence-electron chi connectivity index (χ4n) is 1.64. The van der Waals surface area contributed by atoms with Crippen molar-refractivity contribution < 1.29 is 4.79 Å². The summed E-state index contributed by atoms with van der Waals surface area (Å²) in [7, 11) is 0. The second-order valence-corrected chi connectivity index (χ2v) is 6.47. The van der Waals surface area contributed by atoms with Crippen molar-refractivity contribution in [3.8, 4) is 0 Å². The molecule has 1 aromatic carbocycles. The summed E-state index contributed by atoms with van der Waals surface area (Å²) < 4.78 is 0.920. The van der Waals surface area contributed by atoms with Crippen LogP contribution < -0.4 is 10.6 Å². The number of amides is 1. The Bertz CT molecular complexity index is 800. The Balaban J connectivity index is 1.78. The van der Waals surface area contributed by atoms with Crippen molar-refractivity contribution in [3.05, 3.63) is 28.2 Å². The lowest BCUT2D eigenvalue weighted by Crippen LogP contribution is -2.11. The highest BCUT2D eigenvalue weighted by Gasteiger charge is 2.15. The molecule has 0 radical (unpaired) electrons. The van der Waals surface area contributed by atoms with Crippen LogP contribution in [0, 0.1) is 0 Å². The van der Waals surface area contributed by atoms with Crippen molar-refractivity contribution in [2.24, 2.45) is 0 Å². The van der Waals surface area contributed by atoms with Crippen LogP contribution in [0.4, 0.5) is 10.3 Å². The molecule has 0 spiro atoms. The Labute approximate surface area is 133 Å². The van der Waals surface area contributed by atoms with Gasteiger partial charge in [0.15, 0.2) is 5.13 Å². The molecule has 3 rings (SSSR count). The standard InChI is InChI=1S/C12H10ClN5OS2/c1-2-14-11-18-17-10(21-11)9(19)16-12-15-7-4-3-6(13)5-8(7)20-12/h3-5H,2H2,1H3,(H,14,18)(H,15,16,19). The smallest absolute Gasteiger partial charge is 0.288 e. The van der Waals surface area contributed by atoms with Crippen molar-refractivity contribution >= 4 is 60.7 Å². The molecular weight excluding hydrogens is 330 g/mol. The summed E-state index contributed by atoms with van der Waals surface area (Å²) >= 11 is 8.50. The fourth-order valence-corrected chi connectivity index (χ4v) is 3.48. The Morgan fingerprint density at radius 1 is 1.29 bits per heavy atom. The number of nitrogens with one attached hydrogen (secondary N) is 2. The number of rotatable bonds is 4.